The second-order valence-corrected chi connectivity index (χ2v) is 8.43. The summed E-state index contributed by atoms with van der Waals surface area (Å²) in [5, 5.41) is 0.703. The lowest BCUT2D eigenvalue weighted by atomic mass is 10.1. The fourth-order valence-corrected chi connectivity index (χ4v) is 4.17. The fraction of sp³-hybridized carbons (Fsp3) is 0.381. The highest BCUT2D eigenvalue weighted by atomic mass is 35.5. The molecule has 1 aliphatic rings. The van der Waals surface area contributed by atoms with E-state index in [1.54, 1.807) is 22.7 Å². The van der Waals surface area contributed by atoms with Crippen molar-refractivity contribution in [3.8, 4) is 0 Å². The fourth-order valence-electron chi connectivity index (χ4n) is 3.20. The van der Waals surface area contributed by atoms with Crippen LogP contribution in [0.5, 0.6) is 0 Å². The molecule has 0 unspecified atom stereocenters. The van der Waals surface area contributed by atoms with Gasteiger partial charge in [-0.15, -0.1) is 11.8 Å². The van der Waals surface area contributed by atoms with Crippen LogP contribution in [-0.4, -0.2) is 42.7 Å². The van der Waals surface area contributed by atoms with Gasteiger partial charge in [0.05, 0.1) is 5.56 Å². The lowest BCUT2D eigenvalue weighted by Crippen LogP contribution is -2.48. The van der Waals surface area contributed by atoms with Gasteiger partial charge in [-0.3, -0.25) is 4.79 Å². The van der Waals surface area contributed by atoms with Gasteiger partial charge in [0, 0.05) is 48.2 Å². The molecule has 2 aromatic carbocycles. The first-order valence-corrected chi connectivity index (χ1v) is 10.8. The second kappa shape index (κ2) is 9.76. The van der Waals surface area contributed by atoms with E-state index in [2.05, 4.69) is 0 Å². The first-order chi connectivity index (χ1) is 13.8. The summed E-state index contributed by atoms with van der Waals surface area (Å²) >= 11 is 7.55. The Hall–Kier alpha value is -1.86. The predicted molar refractivity (Wildman–Crippen MR) is 112 cm³/mol. The molecular formula is C21H22ClF3N2OS. The lowest BCUT2D eigenvalue weighted by Gasteiger charge is -2.36. The number of benzene rings is 2. The molecule has 2 aromatic rings. The van der Waals surface area contributed by atoms with Crippen molar-refractivity contribution in [3.63, 3.8) is 0 Å². The van der Waals surface area contributed by atoms with Gasteiger partial charge in [-0.2, -0.15) is 13.2 Å². The maximum Gasteiger partial charge on any atom is 0.416 e. The summed E-state index contributed by atoms with van der Waals surface area (Å²) in [4.78, 5) is 17.2. The van der Waals surface area contributed by atoms with Crippen molar-refractivity contribution in [3.05, 3.63) is 59.1 Å². The monoisotopic (exact) mass is 442 g/mol. The molecule has 1 saturated heterocycles. The minimum Gasteiger partial charge on any atom is -0.368 e. The highest BCUT2D eigenvalue weighted by molar-refractivity contribution is 7.99. The smallest absolute Gasteiger partial charge is 0.368 e. The molecule has 1 amide bonds. The summed E-state index contributed by atoms with van der Waals surface area (Å²) < 4.78 is 38.7. The Morgan fingerprint density at radius 3 is 2.38 bits per heavy atom. The molecule has 1 aliphatic heterocycles. The minimum atomic E-state index is -4.35. The molecule has 1 heterocycles. The number of piperazine rings is 1. The van der Waals surface area contributed by atoms with Crippen molar-refractivity contribution >= 4 is 35.0 Å². The van der Waals surface area contributed by atoms with Gasteiger partial charge >= 0.3 is 6.18 Å². The number of halogens is 4. The van der Waals surface area contributed by atoms with Gasteiger partial charge in [-0.1, -0.05) is 17.7 Å². The first-order valence-electron chi connectivity index (χ1n) is 9.41. The first kappa shape index (κ1) is 21.8. The van der Waals surface area contributed by atoms with Crippen molar-refractivity contribution in [2.24, 2.45) is 0 Å². The number of amides is 1. The molecular weight excluding hydrogens is 421 g/mol. The summed E-state index contributed by atoms with van der Waals surface area (Å²) in [5.74, 6) is 0.947. The zero-order valence-corrected chi connectivity index (χ0v) is 17.4. The van der Waals surface area contributed by atoms with Crippen molar-refractivity contribution in [1.29, 1.82) is 0 Å². The van der Waals surface area contributed by atoms with Crippen molar-refractivity contribution in [1.82, 2.24) is 4.90 Å². The summed E-state index contributed by atoms with van der Waals surface area (Å²) in [5.41, 5.74) is -0.0991. The van der Waals surface area contributed by atoms with Gasteiger partial charge in [-0.05, 0) is 54.6 Å². The van der Waals surface area contributed by atoms with Gasteiger partial charge in [0.15, 0.2) is 0 Å². The van der Waals surface area contributed by atoms with Crippen LogP contribution in [-0.2, 0) is 11.0 Å². The SMILES string of the molecule is O=C(CCCSc1ccc(Cl)cc1)N1CCN(c2cccc(C(F)(F)F)c2)CC1. The molecule has 29 heavy (non-hydrogen) atoms. The van der Waals surface area contributed by atoms with Crippen molar-refractivity contribution < 1.29 is 18.0 Å². The van der Waals surface area contributed by atoms with E-state index < -0.39 is 11.7 Å². The Kier molecular flexibility index (Phi) is 7.35. The van der Waals surface area contributed by atoms with Crippen LogP contribution in [0.15, 0.2) is 53.4 Å². The Labute approximate surface area is 177 Å². The highest BCUT2D eigenvalue weighted by Crippen LogP contribution is 2.32. The molecule has 0 saturated carbocycles. The van der Waals surface area contributed by atoms with Crippen molar-refractivity contribution in [2.75, 3.05) is 36.8 Å². The summed E-state index contributed by atoms with van der Waals surface area (Å²) in [7, 11) is 0. The number of hydrogen-bond acceptors (Lipinski definition) is 3. The average molecular weight is 443 g/mol. The molecule has 0 aromatic heterocycles. The zero-order chi connectivity index (χ0) is 20.9. The number of hydrogen-bond donors (Lipinski definition) is 0. The van der Waals surface area contributed by atoms with Crippen LogP contribution >= 0.6 is 23.4 Å². The van der Waals surface area contributed by atoms with E-state index in [-0.39, 0.29) is 5.91 Å². The van der Waals surface area contributed by atoms with E-state index >= 15 is 0 Å². The molecule has 0 radical (unpaired) electrons. The molecule has 8 heteroatoms. The molecule has 0 atom stereocenters. The van der Waals surface area contributed by atoms with Crippen LogP contribution in [0.25, 0.3) is 0 Å². The van der Waals surface area contributed by atoms with Crippen LogP contribution in [0.1, 0.15) is 18.4 Å². The molecule has 0 spiro atoms. The molecule has 0 aliphatic carbocycles. The molecule has 3 rings (SSSR count). The second-order valence-electron chi connectivity index (χ2n) is 6.82. The van der Waals surface area contributed by atoms with E-state index in [9.17, 15) is 18.0 Å². The van der Waals surface area contributed by atoms with E-state index in [0.29, 0.717) is 43.3 Å². The Bertz CT molecular complexity index is 821. The highest BCUT2D eigenvalue weighted by Gasteiger charge is 2.31. The molecule has 0 N–H and O–H groups in total. The third-order valence-electron chi connectivity index (χ3n) is 4.79. The number of thioether (sulfide) groups is 1. The van der Waals surface area contributed by atoms with Gasteiger partial charge in [0.25, 0.3) is 0 Å². The molecule has 1 fully saturated rings. The van der Waals surface area contributed by atoms with Crippen LogP contribution in [0, 0.1) is 0 Å². The topological polar surface area (TPSA) is 23.6 Å². The molecule has 3 nitrogen and oxygen atoms in total. The molecule has 156 valence electrons. The standard InChI is InChI=1S/C21H22ClF3N2OS/c22-17-6-8-19(9-7-17)29-14-2-5-20(28)27-12-10-26(11-13-27)18-4-1-3-16(15-18)21(23,24)25/h1,3-4,6-9,15H,2,5,10-14H2. The number of carbonyl (C=O) groups is 1. The quantitative estimate of drug-likeness (QED) is 0.431. The Balaban J connectivity index is 1.42. The lowest BCUT2D eigenvalue weighted by molar-refractivity contribution is -0.137. The van der Waals surface area contributed by atoms with Crippen LogP contribution in [0.2, 0.25) is 5.02 Å². The van der Waals surface area contributed by atoms with Gasteiger partial charge < -0.3 is 9.80 Å². The predicted octanol–water partition coefficient (Wildman–Crippen LogP) is 5.58. The van der Waals surface area contributed by atoms with E-state index in [0.717, 1.165) is 23.1 Å². The van der Waals surface area contributed by atoms with Gasteiger partial charge in [0.1, 0.15) is 0 Å². The average Bonchev–Trinajstić information content (AvgIpc) is 2.72. The number of nitrogens with zero attached hydrogens (tertiary/aromatic N) is 2. The maximum atomic E-state index is 12.9. The third-order valence-corrected chi connectivity index (χ3v) is 6.14. The maximum absolute atomic E-state index is 12.9. The third kappa shape index (κ3) is 6.31. The number of rotatable bonds is 6. The van der Waals surface area contributed by atoms with Crippen molar-refractivity contribution in [2.45, 2.75) is 23.9 Å². The van der Waals surface area contributed by atoms with E-state index in [4.69, 9.17) is 11.6 Å². The van der Waals surface area contributed by atoms with Gasteiger partial charge in [-0.25, -0.2) is 0 Å². The van der Waals surface area contributed by atoms with Crippen LogP contribution in [0.4, 0.5) is 18.9 Å². The number of carbonyl (C=O) groups excluding carboxylic acids is 1. The normalized spacial score (nSPS) is 14.9. The number of anilines is 1. The molecule has 0 bridgehead atoms. The van der Waals surface area contributed by atoms with E-state index in [1.165, 1.54) is 12.1 Å². The minimum absolute atomic E-state index is 0.102. The van der Waals surface area contributed by atoms with Crippen LogP contribution in [0.3, 0.4) is 0 Å². The number of alkyl halides is 3. The summed E-state index contributed by atoms with van der Waals surface area (Å²) in [6, 6.07) is 13.0. The Morgan fingerprint density at radius 2 is 1.72 bits per heavy atom. The zero-order valence-electron chi connectivity index (χ0n) is 15.8. The Morgan fingerprint density at radius 1 is 1.03 bits per heavy atom. The van der Waals surface area contributed by atoms with Gasteiger partial charge in [0.2, 0.25) is 5.91 Å². The largest absolute Gasteiger partial charge is 0.416 e. The summed E-state index contributed by atoms with van der Waals surface area (Å²) in [6.45, 7) is 2.12. The summed E-state index contributed by atoms with van der Waals surface area (Å²) in [6.07, 6.45) is -3.10. The van der Waals surface area contributed by atoms with Crippen LogP contribution < -0.4 is 4.90 Å². The van der Waals surface area contributed by atoms with E-state index in [1.807, 2.05) is 29.2 Å².